The summed E-state index contributed by atoms with van der Waals surface area (Å²) in [6.45, 7) is 0. The molecule has 0 aromatic heterocycles. The minimum atomic E-state index is 0.590. The largest absolute Gasteiger partial charge is 0.445 e. The van der Waals surface area contributed by atoms with Gasteiger partial charge in [-0.05, 0) is 12.1 Å². The topological polar surface area (TPSA) is 21.6 Å². The highest BCUT2D eigenvalue weighted by molar-refractivity contribution is 6.32. The van der Waals surface area contributed by atoms with Crippen molar-refractivity contribution < 1.29 is 4.74 Å². The van der Waals surface area contributed by atoms with Crippen LogP contribution in [0.3, 0.4) is 0 Å². The molecule has 0 N–H and O–H groups in total. The molecule has 1 aromatic carbocycles. The molecule has 2 nitrogen and oxygen atoms in total. The van der Waals surface area contributed by atoms with E-state index in [-0.39, 0.29) is 0 Å². The molecule has 1 aromatic rings. The van der Waals surface area contributed by atoms with Crippen LogP contribution in [0.1, 0.15) is 0 Å². The molecule has 11 heavy (non-hydrogen) atoms. The highest BCUT2D eigenvalue weighted by Crippen LogP contribution is 2.22. The lowest BCUT2D eigenvalue weighted by molar-refractivity contribution is 0.573. The van der Waals surface area contributed by atoms with Crippen LogP contribution in [-0.4, -0.2) is 13.4 Å². The number of rotatable bonds is 2. The second kappa shape index (κ2) is 3.98. The standard InChI is InChI=1S/C8H8ClNO/c1-10-6-11-8-5-3-2-4-7(8)9/h2-6H,1H3. The molecule has 0 unspecified atom stereocenters. The molecule has 0 heterocycles. The fourth-order valence-electron chi connectivity index (χ4n) is 0.650. The molecule has 0 saturated carbocycles. The number of benzene rings is 1. The third-order valence-electron chi connectivity index (χ3n) is 1.12. The van der Waals surface area contributed by atoms with Crippen LogP contribution in [0.2, 0.25) is 5.02 Å². The van der Waals surface area contributed by atoms with Crippen molar-refractivity contribution in [2.24, 2.45) is 4.99 Å². The maximum Gasteiger partial charge on any atom is 0.176 e. The van der Waals surface area contributed by atoms with Gasteiger partial charge in [0.15, 0.2) is 6.40 Å². The molecule has 0 atom stereocenters. The molecule has 0 aliphatic rings. The molecule has 0 aliphatic heterocycles. The maximum absolute atomic E-state index is 5.77. The van der Waals surface area contributed by atoms with Gasteiger partial charge in [0.1, 0.15) is 5.75 Å². The summed E-state index contributed by atoms with van der Waals surface area (Å²) in [6, 6.07) is 7.24. The predicted molar refractivity (Wildman–Crippen MR) is 46.5 cm³/mol. The van der Waals surface area contributed by atoms with Crippen LogP contribution in [0.5, 0.6) is 5.75 Å². The summed E-state index contributed by atoms with van der Waals surface area (Å²) in [6.07, 6.45) is 1.35. The third kappa shape index (κ3) is 2.24. The number of hydrogen-bond donors (Lipinski definition) is 0. The van der Waals surface area contributed by atoms with Crippen molar-refractivity contribution in [3.8, 4) is 5.75 Å². The van der Waals surface area contributed by atoms with Crippen LogP contribution in [0.25, 0.3) is 0 Å². The van der Waals surface area contributed by atoms with E-state index in [1.807, 2.05) is 12.1 Å². The average molecular weight is 170 g/mol. The van der Waals surface area contributed by atoms with Crippen LogP contribution in [0.15, 0.2) is 29.3 Å². The van der Waals surface area contributed by atoms with Crippen molar-refractivity contribution in [1.29, 1.82) is 0 Å². The Bertz CT molecular complexity index is 260. The van der Waals surface area contributed by atoms with Crippen molar-refractivity contribution in [3.63, 3.8) is 0 Å². The van der Waals surface area contributed by atoms with E-state index in [9.17, 15) is 0 Å². The molecule has 0 bridgehead atoms. The zero-order chi connectivity index (χ0) is 8.10. The average Bonchev–Trinajstić information content (AvgIpc) is 2.03. The molecule has 0 spiro atoms. The van der Waals surface area contributed by atoms with E-state index in [4.69, 9.17) is 16.3 Å². The lowest BCUT2D eigenvalue weighted by Gasteiger charge is -1.99. The minimum Gasteiger partial charge on any atom is -0.445 e. The number of para-hydroxylation sites is 1. The minimum absolute atomic E-state index is 0.590. The highest BCUT2D eigenvalue weighted by atomic mass is 35.5. The number of halogens is 1. The molecule has 3 heteroatoms. The molecule has 1 rings (SSSR count). The van der Waals surface area contributed by atoms with Gasteiger partial charge in [-0.3, -0.25) is 4.99 Å². The number of hydrogen-bond acceptors (Lipinski definition) is 2. The SMILES string of the molecule is CN=COc1ccccc1Cl. The Hall–Kier alpha value is -1.02. The van der Waals surface area contributed by atoms with E-state index >= 15 is 0 Å². The first-order chi connectivity index (χ1) is 5.34. The summed E-state index contributed by atoms with van der Waals surface area (Å²) >= 11 is 5.77. The Morgan fingerprint density at radius 2 is 2.18 bits per heavy atom. The molecule has 0 fully saturated rings. The Kier molecular flexibility index (Phi) is 2.93. The van der Waals surface area contributed by atoms with Gasteiger partial charge >= 0.3 is 0 Å². The summed E-state index contributed by atoms with van der Waals surface area (Å²) in [7, 11) is 1.64. The molecule has 0 aliphatic carbocycles. The molecule has 0 amide bonds. The fraction of sp³-hybridized carbons (Fsp3) is 0.125. The lowest BCUT2D eigenvalue weighted by Crippen LogP contribution is -1.88. The van der Waals surface area contributed by atoms with Crippen LogP contribution in [0, 0.1) is 0 Å². The number of aliphatic imine (C=N–C) groups is 1. The normalized spacial score (nSPS) is 10.4. The first-order valence-electron chi connectivity index (χ1n) is 3.16. The van der Waals surface area contributed by atoms with Gasteiger partial charge < -0.3 is 4.74 Å². The monoisotopic (exact) mass is 169 g/mol. The quantitative estimate of drug-likeness (QED) is 0.492. The maximum atomic E-state index is 5.77. The first kappa shape index (κ1) is 8.08. The summed E-state index contributed by atoms with van der Waals surface area (Å²) in [5.74, 6) is 0.625. The Morgan fingerprint density at radius 1 is 1.45 bits per heavy atom. The summed E-state index contributed by atoms with van der Waals surface area (Å²) in [5.41, 5.74) is 0. The van der Waals surface area contributed by atoms with Gasteiger partial charge in [-0.2, -0.15) is 0 Å². The van der Waals surface area contributed by atoms with Crippen molar-refractivity contribution in [1.82, 2.24) is 0 Å². The Balaban J connectivity index is 2.77. The van der Waals surface area contributed by atoms with Gasteiger partial charge in [-0.15, -0.1) is 0 Å². The number of ether oxygens (including phenoxy) is 1. The second-order valence-electron chi connectivity index (χ2n) is 1.91. The molecule has 58 valence electrons. The zero-order valence-electron chi connectivity index (χ0n) is 6.12. The van der Waals surface area contributed by atoms with Crippen LogP contribution >= 0.6 is 11.6 Å². The fourth-order valence-corrected chi connectivity index (χ4v) is 0.830. The van der Waals surface area contributed by atoms with Crippen LogP contribution < -0.4 is 4.74 Å². The molecular formula is C8H8ClNO. The van der Waals surface area contributed by atoms with E-state index in [2.05, 4.69) is 4.99 Å². The van der Waals surface area contributed by atoms with Gasteiger partial charge in [-0.25, -0.2) is 0 Å². The van der Waals surface area contributed by atoms with E-state index in [1.54, 1.807) is 19.2 Å². The zero-order valence-corrected chi connectivity index (χ0v) is 6.88. The van der Waals surface area contributed by atoms with Gasteiger partial charge in [0.05, 0.1) is 5.02 Å². The predicted octanol–water partition coefficient (Wildman–Crippen LogP) is 2.38. The number of nitrogens with zero attached hydrogens (tertiary/aromatic N) is 1. The smallest absolute Gasteiger partial charge is 0.176 e. The second-order valence-corrected chi connectivity index (χ2v) is 2.32. The third-order valence-corrected chi connectivity index (χ3v) is 1.43. The van der Waals surface area contributed by atoms with Gasteiger partial charge in [0, 0.05) is 7.05 Å². The Labute approximate surface area is 70.5 Å². The van der Waals surface area contributed by atoms with E-state index in [0.717, 1.165) is 0 Å². The van der Waals surface area contributed by atoms with E-state index in [1.165, 1.54) is 6.40 Å². The summed E-state index contributed by atoms with van der Waals surface area (Å²) in [5, 5.41) is 0.590. The van der Waals surface area contributed by atoms with E-state index < -0.39 is 0 Å². The molecule has 0 radical (unpaired) electrons. The van der Waals surface area contributed by atoms with E-state index in [0.29, 0.717) is 10.8 Å². The van der Waals surface area contributed by atoms with Crippen LogP contribution in [-0.2, 0) is 0 Å². The Morgan fingerprint density at radius 3 is 2.82 bits per heavy atom. The molecular weight excluding hydrogens is 162 g/mol. The van der Waals surface area contributed by atoms with Gasteiger partial charge in [0.25, 0.3) is 0 Å². The van der Waals surface area contributed by atoms with Crippen LogP contribution in [0.4, 0.5) is 0 Å². The van der Waals surface area contributed by atoms with Crippen molar-refractivity contribution in [3.05, 3.63) is 29.3 Å². The lowest BCUT2D eigenvalue weighted by atomic mass is 10.3. The van der Waals surface area contributed by atoms with Crippen molar-refractivity contribution in [2.75, 3.05) is 7.05 Å². The van der Waals surface area contributed by atoms with Gasteiger partial charge in [0.2, 0.25) is 0 Å². The van der Waals surface area contributed by atoms with Crippen molar-refractivity contribution in [2.45, 2.75) is 0 Å². The highest BCUT2D eigenvalue weighted by Gasteiger charge is 1.95. The molecule has 0 saturated heterocycles. The summed E-state index contributed by atoms with van der Waals surface area (Å²) < 4.78 is 5.06. The summed E-state index contributed by atoms with van der Waals surface area (Å²) in [4.78, 5) is 3.67. The van der Waals surface area contributed by atoms with Gasteiger partial charge in [-0.1, -0.05) is 23.7 Å². The first-order valence-corrected chi connectivity index (χ1v) is 3.54. The van der Waals surface area contributed by atoms with Crippen molar-refractivity contribution >= 4 is 18.0 Å².